The minimum atomic E-state index is 0.771. The van der Waals surface area contributed by atoms with Gasteiger partial charge in [-0.1, -0.05) is 25.0 Å². The van der Waals surface area contributed by atoms with Crippen molar-refractivity contribution in [1.82, 2.24) is 10.6 Å². The Morgan fingerprint density at radius 2 is 2.00 bits per heavy atom. The number of benzene rings is 1. The number of ether oxygens (including phenoxy) is 1. The molecule has 1 fully saturated rings. The average molecular weight is 261 g/mol. The van der Waals surface area contributed by atoms with Crippen molar-refractivity contribution in [2.75, 3.05) is 20.7 Å². The van der Waals surface area contributed by atoms with Crippen LogP contribution in [0.15, 0.2) is 29.3 Å². The van der Waals surface area contributed by atoms with E-state index in [4.69, 9.17) is 4.74 Å². The van der Waals surface area contributed by atoms with Crippen molar-refractivity contribution in [3.05, 3.63) is 29.8 Å². The van der Waals surface area contributed by atoms with E-state index >= 15 is 0 Å². The van der Waals surface area contributed by atoms with Crippen LogP contribution in [0.4, 0.5) is 0 Å². The van der Waals surface area contributed by atoms with Gasteiger partial charge in [0.05, 0.1) is 7.11 Å². The predicted molar refractivity (Wildman–Crippen MR) is 78.5 cm³/mol. The summed E-state index contributed by atoms with van der Waals surface area (Å²) in [6.07, 6.45) is 4.06. The van der Waals surface area contributed by atoms with Crippen LogP contribution in [0.25, 0.3) is 0 Å². The smallest absolute Gasteiger partial charge is 0.191 e. The van der Waals surface area contributed by atoms with Gasteiger partial charge in [-0.3, -0.25) is 4.99 Å². The molecule has 0 radical (unpaired) electrons. The monoisotopic (exact) mass is 261 g/mol. The number of methoxy groups -OCH3 is 1. The van der Waals surface area contributed by atoms with E-state index in [0.29, 0.717) is 0 Å². The van der Waals surface area contributed by atoms with Crippen LogP contribution in [0, 0.1) is 5.92 Å². The minimum absolute atomic E-state index is 0.771. The van der Waals surface area contributed by atoms with Gasteiger partial charge in [-0.2, -0.15) is 0 Å². The first-order valence-electron chi connectivity index (χ1n) is 6.89. The Labute approximate surface area is 115 Å². The lowest BCUT2D eigenvalue weighted by Crippen LogP contribution is -2.37. The van der Waals surface area contributed by atoms with Gasteiger partial charge in [-0.25, -0.2) is 0 Å². The highest BCUT2D eigenvalue weighted by molar-refractivity contribution is 5.79. The molecular formula is C15H23N3O. The molecule has 0 amide bonds. The molecule has 1 saturated carbocycles. The molecule has 0 aromatic heterocycles. The quantitative estimate of drug-likeness (QED) is 0.609. The molecule has 2 N–H and O–H groups in total. The van der Waals surface area contributed by atoms with E-state index in [1.54, 1.807) is 14.2 Å². The summed E-state index contributed by atoms with van der Waals surface area (Å²) >= 11 is 0. The van der Waals surface area contributed by atoms with Gasteiger partial charge in [0.2, 0.25) is 0 Å². The number of guanidine groups is 1. The van der Waals surface area contributed by atoms with Crippen LogP contribution in [0.1, 0.15) is 24.8 Å². The second kappa shape index (κ2) is 7.02. The van der Waals surface area contributed by atoms with Crippen molar-refractivity contribution in [1.29, 1.82) is 0 Å². The third kappa shape index (κ3) is 4.81. The second-order valence-electron chi connectivity index (χ2n) is 4.93. The molecule has 2 rings (SSSR count). The first-order valence-corrected chi connectivity index (χ1v) is 6.89. The molecule has 0 atom stereocenters. The van der Waals surface area contributed by atoms with Gasteiger partial charge in [-0.05, 0) is 30.0 Å². The van der Waals surface area contributed by atoms with Crippen LogP contribution >= 0.6 is 0 Å². The fraction of sp³-hybridized carbons (Fsp3) is 0.533. The lowest BCUT2D eigenvalue weighted by Gasteiger charge is -2.12. The molecule has 1 aromatic rings. The normalized spacial score (nSPS) is 15.2. The Kier molecular flexibility index (Phi) is 5.07. The summed E-state index contributed by atoms with van der Waals surface area (Å²) in [6, 6.07) is 8.06. The summed E-state index contributed by atoms with van der Waals surface area (Å²) < 4.78 is 5.14. The minimum Gasteiger partial charge on any atom is -0.497 e. The number of nitrogens with one attached hydrogen (secondary N) is 2. The number of hydrogen-bond acceptors (Lipinski definition) is 2. The van der Waals surface area contributed by atoms with Gasteiger partial charge >= 0.3 is 0 Å². The van der Waals surface area contributed by atoms with Crippen molar-refractivity contribution in [3.8, 4) is 5.75 Å². The molecule has 19 heavy (non-hydrogen) atoms. The molecule has 0 saturated heterocycles. The number of hydrogen-bond donors (Lipinski definition) is 2. The van der Waals surface area contributed by atoms with Crippen LogP contribution in [0.3, 0.4) is 0 Å². The number of aliphatic imine (C=N–C) groups is 1. The maximum atomic E-state index is 5.14. The zero-order chi connectivity index (χ0) is 13.5. The van der Waals surface area contributed by atoms with Crippen molar-refractivity contribution in [2.24, 2.45) is 10.9 Å². The van der Waals surface area contributed by atoms with E-state index < -0.39 is 0 Å². The standard InChI is InChI=1S/C15H23N3O/c1-16-15(17-10-9-12-3-4-12)18-11-13-5-7-14(19-2)8-6-13/h5-8,12H,3-4,9-11H2,1-2H3,(H2,16,17,18). The fourth-order valence-electron chi connectivity index (χ4n) is 1.95. The van der Waals surface area contributed by atoms with E-state index in [1.165, 1.54) is 24.8 Å². The Morgan fingerprint density at radius 3 is 2.58 bits per heavy atom. The molecule has 0 bridgehead atoms. The van der Waals surface area contributed by atoms with Gasteiger partial charge in [-0.15, -0.1) is 0 Å². The topological polar surface area (TPSA) is 45.7 Å². The van der Waals surface area contributed by atoms with E-state index in [-0.39, 0.29) is 0 Å². The molecule has 1 aliphatic carbocycles. The van der Waals surface area contributed by atoms with Crippen LogP contribution < -0.4 is 15.4 Å². The van der Waals surface area contributed by atoms with Crippen molar-refractivity contribution >= 4 is 5.96 Å². The summed E-state index contributed by atoms with van der Waals surface area (Å²) in [4.78, 5) is 4.22. The lowest BCUT2D eigenvalue weighted by molar-refractivity contribution is 0.414. The highest BCUT2D eigenvalue weighted by Crippen LogP contribution is 2.31. The Bertz CT molecular complexity index is 410. The van der Waals surface area contributed by atoms with Crippen molar-refractivity contribution < 1.29 is 4.74 Å². The SMILES string of the molecule is CN=C(NCCC1CC1)NCc1ccc(OC)cc1. The first-order chi connectivity index (χ1) is 9.31. The maximum absolute atomic E-state index is 5.14. The van der Waals surface area contributed by atoms with E-state index in [2.05, 4.69) is 27.8 Å². The fourth-order valence-corrected chi connectivity index (χ4v) is 1.95. The third-order valence-electron chi connectivity index (χ3n) is 3.38. The molecule has 0 unspecified atom stereocenters. The van der Waals surface area contributed by atoms with Crippen LogP contribution in [-0.2, 0) is 6.54 Å². The molecule has 0 aliphatic heterocycles. The highest BCUT2D eigenvalue weighted by Gasteiger charge is 2.20. The molecule has 1 aromatic carbocycles. The zero-order valence-corrected chi connectivity index (χ0v) is 11.8. The summed E-state index contributed by atoms with van der Waals surface area (Å²) in [5.74, 6) is 2.71. The molecule has 104 valence electrons. The average Bonchev–Trinajstić information content (AvgIpc) is 3.27. The molecule has 4 heteroatoms. The Balaban J connectivity index is 1.71. The van der Waals surface area contributed by atoms with Gasteiger partial charge in [0.1, 0.15) is 5.75 Å². The predicted octanol–water partition coefficient (Wildman–Crippen LogP) is 2.16. The van der Waals surface area contributed by atoms with Gasteiger partial charge < -0.3 is 15.4 Å². The van der Waals surface area contributed by atoms with Gasteiger partial charge in [0.25, 0.3) is 0 Å². The summed E-state index contributed by atoms with van der Waals surface area (Å²) in [5, 5.41) is 6.66. The summed E-state index contributed by atoms with van der Waals surface area (Å²) in [5.41, 5.74) is 1.21. The first kappa shape index (κ1) is 13.7. The van der Waals surface area contributed by atoms with Crippen molar-refractivity contribution in [3.63, 3.8) is 0 Å². The number of rotatable bonds is 6. The number of nitrogens with zero attached hydrogens (tertiary/aromatic N) is 1. The molecular weight excluding hydrogens is 238 g/mol. The van der Waals surface area contributed by atoms with Gasteiger partial charge in [0, 0.05) is 20.1 Å². The van der Waals surface area contributed by atoms with E-state index in [0.717, 1.165) is 30.7 Å². The molecule has 0 heterocycles. The molecule has 4 nitrogen and oxygen atoms in total. The Morgan fingerprint density at radius 1 is 1.26 bits per heavy atom. The van der Waals surface area contributed by atoms with Crippen molar-refractivity contribution in [2.45, 2.75) is 25.8 Å². The van der Waals surface area contributed by atoms with E-state index in [9.17, 15) is 0 Å². The highest BCUT2D eigenvalue weighted by atomic mass is 16.5. The van der Waals surface area contributed by atoms with Crippen LogP contribution in [0.5, 0.6) is 5.75 Å². The Hall–Kier alpha value is -1.71. The largest absolute Gasteiger partial charge is 0.497 e. The zero-order valence-electron chi connectivity index (χ0n) is 11.8. The van der Waals surface area contributed by atoms with Gasteiger partial charge in [0.15, 0.2) is 5.96 Å². The summed E-state index contributed by atoms with van der Waals surface area (Å²) in [7, 11) is 3.49. The summed E-state index contributed by atoms with van der Waals surface area (Å²) in [6.45, 7) is 1.78. The lowest BCUT2D eigenvalue weighted by atomic mass is 10.2. The maximum Gasteiger partial charge on any atom is 0.191 e. The molecule has 0 spiro atoms. The second-order valence-corrected chi connectivity index (χ2v) is 4.93. The van der Waals surface area contributed by atoms with Crippen LogP contribution in [0.2, 0.25) is 0 Å². The molecule has 1 aliphatic rings. The third-order valence-corrected chi connectivity index (χ3v) is 3.38. The van der Waals surface area contributed by atoms with Crippen LogP contribution in [-0.4, -0.2) is 26.7 Å². The van der Waals surface area contributed by atoms with E-state index in [1.807, 2.05) is 12.1 Å².